The van der Waals surface area contributed by atoms with Crippen LogP contribution in [0.3, 0.4) is 0 Å². The topological polar surface area (TPSA) is 9.23 Å². The maximum absolute atomic E-state index is 6.15. The highest BCUT2D eigenvalue weighted by Gasteiger charge is 2.06. The van der Waals surface area contributed by atoms with E-state index in [0.29, 0.717) is 26.6 Å². The van der Waals surface area contributed by atoms with E-state index in [4.69, 9.17) is 39.5 Å². The zero-order chi connectivity index (χ0) is 13.1. The van der Waals surface area contributed by atoms with Crippen LogP contribution in [0.1, 0.15) is 12.5 Å². The molecule has 0 saturated heterocycles. The van der Waals surface area contributed by atoms with Crippen LogP contribution >= 0.6 is 34.8 Å². The summed E-state index contributed by atoms with van der Waals surface area (Å²) < 4.78 is 5.67. The van der Waals surface area contributed by atoms with Gasteiger partial charge in [-0.15, -0.1) is 0 Å². The molecule has 0 heterocycles. The van der Waals surface area contributed by atoms with Gasteiger partial charge in [0.05, 0.1) is 15.1 Å². The molecular formula is C14H11Cl3O. The summed E-state index contributed by atoms with van der Waals surface area (Å²) in [6.07, 6.45) is 0.937. The van der Waals surface area contributed by atoms with Crippen molar-refractivity contribution >= 4 is 34.8 Å². The lowest BCUT2D eigenvalue weighted by atomic mass is 10.2. The Morgan fingerprint density at radius 1 is 0.889 bits per heavy atom. The average Bonchev–Trinajstić information content (AvgIpc) is 2.36. The summed E-state index contributed by atoms with van der Waals surface area (Å²) in [5.41, 5.74) is 1.17. The van der Waals surface area contributed by atoms with Crippen LogP contribution in [0.25, 0.3) is 0 Å². The van der Waals surface area contributed by atoms with Crippen molar-refractivity contribution in [2.75, 3.05) is 0 Å². The van der Waals surface area contributed by atoms with E-state index in [0.717, 1.165) is 6.42 Å². The molecular weight excluding hydrogens is 291 g/mol. The van der Waals surface area contributed by atoms with E-state index in [9.17, 15) is 0 Å². The molecule has 0 saturated carbocycles. The number of benzene rings is 2. The fraction of sp³-hybridized carbons (Fsp3) is 0.143. The molecule has 0 aliphatic rings. The molecule has 1 nitrogen and oxygen atoms in total. The minimum Gasteiger partial charge on any atom is -0.456 e. The average molecular weight is 302 g/mol. The highest BCUT2D eigenvalue weighted by atomic mass is 35.5. The van der Waals surface area contributed by atoms with E-state index in [1.54, 1.807) is 18.2 Å². The second-order valence-electron chi connectivity index (χ2n) is 3.80. The maximum Gasteiger partial charge on any atom is 0.146 e. The molecule has 94 valence electrons. The summed E-state index contributed by atoms with van der Waals surface area (Å²) >= 11 is 17.9. The van der Waals surface area contributed by atoms with Gasteiger partial charge in [-0.1, -0.05) is 47.8 Å². The molecule has 0 aromatic heterocycles. The zero-order valence-electron chi connectivity index (χ0n) is 9.71. The van der Waals surface area contributed by atoms with Gasteiger partial charge in [0.1, 0.15) is 11.5 Å². The number of hydrogen-bond donors (Lipinski definition) is 0. The molecule has 0 spiro atoms. The number of halogens is 3. The molecule has 0 amide bonds. The van der Waals surface area contributed by atoms with Gasteiger partial charge >= 0.3 is 0 Å². The molecule has 0 radical (unpaired) electrons. The Morgan fingerprint density at radius 2 is 1.67 bits per heavy atom. The van der Waals surface area contributed by atoms with Crippen LogP contribution in [-0.2, 0) is 6.42 Å². The molecule has 0 N–H and O–H groups in total. The van der Waals surface area contributed by atoms with Gasteiger partial charge in [0, 0.05) is 6.07 Å². The first-order valence-electron chi connectivity index (χ1n) is 5.51. The van der Waals surface area contributed by atoms with Gasteiger partial charge in [0.25, 0.3) is 0 Å². The third-order valence-electron chi connectivity index (χ3n) is 2.52. The second kappa shape index (κ2) is 5.83. The van der Waals surface area contributed by atoms with Gasteiger partial charge in [-0.25, -0.2) is 0 Å². The van der Waals surface area contributed by atoms with E-state index in [-0.39, 0.29) is 0 Å². The summed E-state index contributed by atoms with van der Waals surface area (Å²) in [6, 6.07) is 10.8. The normalized spacial score (nSPS) is 10.4. The minimum atomic E-state index is 0.454. The lowest BCUT2D eigenvalue weighted by Gasteiger charge is -2.09. The largest absolute Gasteiger partial charge is 0.456 e. The zero-order valence-corrected chi connectivity index (χ0v) is 12.0. The molecule has 18 heavy (non-hydrogen) atoms. The van der Waals surface area contributed by atoms with Crippen LogP contribution in [0.5, 0.6) is 11.5 Å². The molecule has 0 aliphatic heterocycles. The van der Waals surface area contributed by atoms with Gasteiger partial charge in [0.2, 0.25) is 0 Å². The molecule has 2 rings (SSSR count). The van der Waals surface area contributed by atoms with Gasteiger partial charge in [-0.05, 0) is 36.2 Å². The van der Waals surface area contributed by atoms with Gasteiger partial charge < -0.3 is 4.74 Å². The number of aryl methyl sites for hydroxylation is 1. The molecule has 0 aliphatic carbocycles. The lowest BCUT2D eigenvalue weighted by molar-refractivity contribution is 0.483. The highest BCUT2D eigenvalue weighted by Crippen LogP contribution is 2.33. The van der Waals surface area contributed by atoms with Crippen LogP contribution in [0.15, 0.2) is 36.4 Å². The number of rotatable bonds is 3. The maximum atomic E-state index is 6.15. The summed E-state index contributed by atoms with van der Waals surface area (Å²) in [6.45, 7) is 2.07. The Balaban J connectivity index is 2.25. The fourth-order valence-electron chi connectivity index (χ4n) is 1.51. The van der Waals surface area contributed by atoms with Crippen molar-refractivity contribution in [3.05, 3.63) is 57.0 Å². The monoisotopic (exact) mass is 300 g/mol. The van der Waals surface area contributed by atoms with Crippen molar-refractivity contribution < 1.29 is 4.74 Å². The molecule has 0 unspecified atom stereocenters. The van der Waals surface area contributed by atoms with Gasteiger partial charge in [-0.2, -0.15) is 0 Å². The van der Waals surface area contributed by atoms with Crippen molar-refractivity contribution in [2.45, 2.75) is 13.3 Å². The predicted molar refractivity (Wildman–Crippen MR) is 77.4 cm³/mol. The van der Waals surface area contributed by atoms with Crippen molar-refractivity contribution in [1.29, 1.82) is 0 Å². The van der Waals surface area contributed by atoms with E-state index < -0.39 is 0 Å². The fourth-order valence-corrected chi connectivity index (χ4v) is 2.04. The molecule has 2 aromatic carbocycles. The van der Waals surface area contributed by atoms with E-state index in [1.165, 1.54) is 5.56 Å². The van der Waals surface area contributed by atoms with Crippen LogP contribution in [0.4, 0.5) is 0 Å². The molecule has 0 fully saturated rings. The molecule has 2 aromatic rings. The first-order chi connectivity index (χ1) is 8.60. The van der Waals surface area contributed by atoms with Crippen LogP contribution in [0, 0.1) is 0 Å². The SMILES string of the molecule is CCc1ccc(Oc2ccc(Cl)c(Cl)c2)c(Cl)c1. The van der Waals surface area contributed by atoms with E-state index in [1.807, 2.05) is 18.2 Å². The second-order valence-corrected chi connectivity index (χ2v) is 5.02. The van der Waals surface area contributed by atoms with Crippen molar-refractivity contribution in [3.63, 3.8) is 0 Å². The summed E-state index contributed by atoms with van der Waals surface area (Å²) in [4.78, 5) is 0. The Bertz CT molecular complexity index is 567. The van der Waals surface area contributed by atoms with Crippen molar-refractivity contribution in [3.8, 4) is 11.5 Å². The van der Waals surface area contributed by atoms with E-state index >= 15 is 0 Å². The smallest absolute Gasteiger partial charge is 0.146 e. The molecule has 4 heteroatoms. The van der Waals surface area contributed by atoms with Crippen LogP contribution < -0.4 is 4.74 Å². The van der Waals surface area contributed by atoms with Crippen LogP contribution in [0.2, 0.25) is 15.1 Å². The molecule has 0 bridgehead atoms. The first kappa shape index (κ1) is 13.5. The lowest BCUT2D eigenvalue weighted by Crippen LogP contribution is -1.87. The standard InChI is InChI=1S/C14H11Cl3O/c1-2-9-3-6-14(13(17)7-9)18-10-4-5-11(15)12(16)8-10/h3-8H,2H2,1H3. The third-order valence-corrected chi connectivity index (χ3v) is 3.56. The minimum absolute atomic E-state index is 0.454. The molecule has 0 atom stereocenters. The Hall–Kier alpha value is -0.890. The quantitative estimate of drug-likeness (QED) is 0.675. The van der Waals surface area contributed by atoms with Crippen LogP contribution in [-0.4, -0.2) is 0 Å². The Morgan fingerprint density at radius 3 is 2.28 bits per heavy atom. The summed E-state index contributed by atoms with van der Waals surface area (Å²) in [5.74, 6) is 1.21. The highest BCUT2D eigenvalue weighted by molar-refractivity contribution is 6.42. The Kier molecular flexibility index (Phi) is 4.39. The predicted octanol–water partition coefficient (Wildman–Crippen LogP) is 6.00. The number of ether oxygens (including phenoxy) is 1. The number of hydrogen-bond acceptors (Lipinski definition) is 1. The Labute approximate surface area is 121 Å². The van der Waals surface area contributed by atoms with E-state index in [2.05, 4.69) is 6.92 Å². The van der Waals surface area contributed by atoms with Crippen molar-refractivity contribution in [2.24, 2.45) is 0 Å². The summed E-state index contributed by atoms with van der Waals surface area (Å²) in [7, 11) is 0. The van der Waals surface area contributed by atoms with Gasteiger partial charge in [0.15, 0.2) is 0 Å². The summed E-state index contributed by atoms with van der Waals surface area (Å²) in [5, 5.41) is 1.53. The van der Waals surface area contributed by atoms with Crippen molar-refractivity contribution in [1.82, 2.24) is 0 Å². The third kappa shape index (κ3) is 3.11. The first-order valence-corrected chi connectivity index (χ1v) is 6.65. The van der Waals surface area contributed by atoms with Gasteiger partial charge in [-0.3, -0.25) is 0 Å².